The molecule has 3 unspecified atom stereocenters. The number of carbonyl (C=O) groups is 2. The van der Waals surface area contributed by atoms with Crippen LogP contribution >= 0.6 is 15.9 Å². The molecule has 2 aliphatic rings. The van der Waals surface area contributed by atoms with Crippen LogP contribution in [-0.4, -0.2) is 28.4 Å². The number of hydrogen-bond acceptors (Lipinski definition) is 2. The van der Waals surface area contributed by atoms with Gasteiger partial charge in [-0.2, -0.15) is 0 Å². The van der Waals surface area contributed by atoms with E-state index in [9.17, 15) is 9.59 Å². The third-order valence-corrected chi connectivity index (χ3v) is 5.12. The highest BCUT2D eigenvalue weighted by Crippen LogP contribution is 2.57. The lowest BCUT2D eigenvalue weighted by Gasteiger charge is -2.29. The predicted molar refractivity (Wildman–Crippen MR) is 62.4 cm³/mol. The van der Waals surface area contributed by atoms with Crippen molar-refractivity contribution in [2.24, 2.45) is 11.3 Å². The number of fused-ring (bicyclic) bond motifs is 2. The zero-order chi connectivity index (χ0) is 11.8. The largest absolute Gasteiger partial charge is 0.481 e. The molecule has 0 aliphatic heterocycles. The lowest BCUT2D eigenvalue weighted by Crippen LogP contribution is -2.43. The molecule has 2 aliphatic carbocycles. The molecule has 4 nitrogen and oxygen atoms in total. The summed E-state index contributed by atoms with van der Waals surface area (Å²) in [7, 11) is 0. The molecule has 5 heteroatoms. The fraction of sp³-hybridized carbons (Fsp3) is 0.818. The fourth-order valence-electron chi connectivity index (χ4n) is 2.99. The van der Waals surface area contributed by atoms with Crippen molar-refractivity contribution in [1.82, 2.24) is 5.32 Å². The molecule has 0 aromatic heterocycles. The number of rotatable bonds is 4. The van der Waals surface area contributed by atoms with Crippen LogP contribution in [0.4, 0.5) is 0 Å². The van der Waals surface area contributed by atoms with Crippen molar-refractivity contribution in [3.8, 4) is 0 Å². The Bertz CT molecular complexity index is 320. The van der Waals surface area contributed by atoms with E-state index >= 15 is 0 Å². The molecule has 2 saturated carbocycles. The van der Waals surface area contributed by atoms with Gasteiger partial charge < -0.3 is 10.4 Å². The molecule has 2 N–H and O–H groups in total. The van der Waals surface area contributed by atoms with E-state index in [0.717, 1.165) is 25.7 Å². The van der Waals surface area contributed by atoms with Gasteiger partial charge in [0.05, 0.1) is 11.8 Å². The molecule has 16 heavy (non-hydrogen) atoms. The van der Waals surface area contributed by atoms with Gasteiger partial charge in [-0.25, -0.2) is 0 Å². The molecule has 0 saturated heterocycles. The molecule has 0 spiro atoms. The standard InChI is InChI=1S/C11H16BrNO3/c12-8-5-7-1-3-11(8,6-7)10(16)13-4-2-9(14)15/h7-8H,1-6H2,(H,13,16)(H,14,15). The van der Waals surface area contributed by atoms with Gasteiger partial charge >= 0.3 is 5.97 Å². The molecule has 3 atom stereocenters. The Labute approximate surface area is 103 Å². The second-order valence-corrected chi connectivity index (χ2v) is 5.97. The number of hydrogen-bond donors (Lipinski definition) is 2. The van der Waals surface area contributed by atoms with Gasteiger partial charge in [0.2, 0.25) is 5.91 Å². The minimum atomic E-state index is -0.871. The van der Waals surface area contributed by atoms with Crippen LogP contribution in [0.3, 0.4) is 0 Å². The molecule has 0 aromatic rings. The Kier molecular flexibility index (Phi) is 3.24. The van der Waals surface area contributed by atoms with Gasteiger partial charge in [-0.05, 0) is 31.6 Å². The van der Waals surface area contributed by atoms with Crippen LogP contribution in [0.1, 0.15) is 32.1 Å². The van der Waals surface area contributed by atoms with Crippen molar-refractivity contribution in [3.63, 3.8) is 0 Å². The van der Waals surface area contributed by atoms with E-state index < -0.39 is 5.97 Å². The summed E-state index contributed by atoms with van der Waals surface area (Å²) in [6.45, 7) is 0.236. The SMILES string of the molecule is O=C(O)CCNC(=O)C12CCC(CC1Br)C2. The first-order chi connectivity index (χ1) is 7.54. The zero-order valence-electron chi connectivity index (χ0n) is 9.04. The van der Waals surface area contributed by atoms with Gasteiger partial charge in [-0.3, -0.25) is 9.59 Å². The number of alkyl halides is 1. The Balaban J connectivity index is 1.91. The molecular weight excluding hydrogens is 274 g/mol. The number of halogens is 1. The van der Waals surface area contributed by atoms with Gasteiger partial charge in [-0.1, -0.05) is 15.9 Å². The first kappa shape index (κ1) is 11.9. The summed E-state index contributed by atoms with van der Waals surface area (Å²) in [6, 6.07) is 0. The number of carboxylic acid groups (broad SMARTS) is 1. The smallest absolute Gasteiger partial charge is 0.305 e. The highest BCUT2D eigenvalue weighted by atomic mass is 79.9. The van der Waals surface area contributed by atoms with E-state index in [0.29, 0.717) is 5.92 Å². The quantitative estimate of drug-likeness (QED) is 0.772. The van der Waals surface area contributed by atoms with E-state index in [-0.39, 0.29) is 29.1 Å². The molecule has 1 amide bonds. The predicted octanol–water partition coefficient (Wildman–Crippen LogP) is 1.53. The van der Waals surface area contributed by atoms with Crippen molar-refractivity contribution < 1.29 is 14.7 Å². The zero-order valence-corrected chi connectivity index (χ0v) is 10.6. The number of amides is 1. The van der Waals surface area contributed by atoms with Crippen molar-refractivity contribution in [2.75, 3.05) is 6.54 Å². The van der Waals surface area contributed by atoms with Crippen molar-refractivity contribution in [2.45, 2.75) is 36.9 Å². The molecule has 2 rings (SSSR count). The maximum atomic E-state index is 12.1. The Morgan fingerprint density at radius 3 is 2.75 bits per heavy atom. The van der Waals surface area contributed by atoms with Crippen molar-refractivity contribution in [3.05, 3.63) is 0 Å². The maximum absolute atomic E-state index is 12.1. The molecule has 2 bridgehead atoms. The number of carboxylic acids is 1. The van der Waals surface area contributed by atoms with Gasteiger partial charge in [0.15, 0.2) is 0 Å². The lowest BCUT2D eigenvalue weighted by atomic mass is 9.83. The van der Waals surface area contributed by atoms with Crippen LogP contribution in [0.15, 0.2) is 0 Å². The summed E-state index contributed by atoms with van der Waals surface area (Å²) in [4.78, 5) is 22.7. The van der Waals surface area contributed by atoms with Crippen LogP contribution in [-0.2, 0) is 9.59 Å². The highest BCUT2D eigenvalue weighted by molar-refractivity contribution is 9.09. The van der Waals surface area contributed by atoms with Crippen molar-refractivity contribution in [1.29, 1.82) is 0 Å². The molecule has 2 fully saturated rings. The summed E-state index contributed by atoms with van der Waals surface area (Å²) in [5, 5.41) is 11.3. The first-order valence-electron chi connectivity index (χ1n) is 5.69. The van der Waals surface area contributed by atoms with Gasteiger partial charge in [0.1, 0.15) is 0 Å². The normalized spacial score (nSPS) is 36.3. The summed E-state index contributed by atoms with van der Waals surface area (Å²) < 4.78 is 0. The molecule has 0 heterocycles. The summed E-state index contributed by atoms with van der Waals surface area (Å²) in [5.74, 6) is -0.158. The highest BCUT2D eigenvalue weighted by Gasteiger charge is 2.55. The topological polar surface area (TPSA) is 66.4 Å². The van der Waals surface area contributed by atoms with Crippen LogP contribution in [0.25, 0.3) is 0 Å². The van der Waals surface area contributed by atoms with E-state index in [2.05, 4.69) is 21.2 Å². The van der Waals surface area contributed by atoms with E-state index in [1.165, 1.54) is 0 Å². The van der Waals surface area contributed by atoms with Crippen LogP contribution in [0.5, 0.6) is 0 Å². The average molecular weight is 290 g/mol. The third kappa shape index (κ3) is 1.97. The van der Waals surface area contributed by atoms with E-state index in [1.54, 1.807) is 0 Å². The van der Waals surface area contributed by atoms with Gasteiger partial charge in [-0.15, -0.1) is 0 Å². The Morgan fingerprint density at radius 2 is 2.25 bits per heavy atom. The van der Waals surface area contributed by atoms with Gasteiger partial charge in [0.25, 0.3) is 0 Å². The second kappa shape index (κ2) is 4.35. The van der Waals surface area contributed by atoms with Crippen LogP contribution in [0, 0.1) is 11.3 Å². The fourth-order valence-corrected chi connectivity index (χ4v) is 4.14. The minimum Gasteiger partial charge on any atom is -0.481 e. The summed E-state index contributed by atoms with van der Waals surface area (Å²) in [6.07, 6.45) is 4.10. The minimum absolute atomic E-state index is 0.00178. The number of carbonyl (C=O) groups excluding carboxylic acids is 1. The average Bonchev–Trinajstić information content (AvgIpc) is 2.74. The summed E-state index contributed by atoms with van der Waals surface area (Å²) in [5.41, 5.74) is -0.261. The van der Waals surface area contributed by atoms with Crippen molar-refractivity contribution >= 4 is 27.8 Å². The Hall–Kier alpha value is -0.580. The first-order valence-corrected chi connectivity index (χ1v) is 6.60. The third-order valence-electron chi connectivity index (χ3n) is 3.87. The Morgan fingerprint density at radius 1 is 1.50 bits per heavy atom. The van der Waals surface area contributed by atoms with E-state index in [4.69, 9.17) is 5.11 Å². The second-order valence-electron chi connectivity index (χ2n) is 4.87. The molecular formula is C11H16BrNO3. The van der Waals surface area contributed by atoms with Crippen LogP contribution < -0.4 is 5.32 Å². The van der Waals surface area contributed by atoms with Gasteiger partial charge in [0, 0.05) is 11.4 Å². The van der Waals surface area contributed by atoms with Crippen LogP contribution in [0.2, 0.25) is 0 Å². The maximum Gasteiger partial charge on any atom is 0.305 e. The number of nitrogens with one attached hydrogen (secondary N) is 1. The monoisotopic (exact) mass is 289 g/mol. The van der Waals surface area contributed by atoms with E-state index in [1.807, 2.05) is 0 Å². The molecule has 90 valence electrons. The molecule has 0 aromatic carbocycles. The number of aliphatic carboxylic acids is 1. The molecule has 0 radical (unpaired) electrons. The lowest BCUT2D eigenvalue weighted by molar-refractivity contribution is -0.137. The summed E-state index contributed by atoms with van der Waals surface area (Å²) >= 11 is 3.60.